The molecule has 0 heterocycles. The van der Waals surface area contributed by atoms with E-state index >= 15 is 0 Å². The number of para-hydroxylation sites is 1. The molecular formula is C15H24N2O2. The number of hydrogen-bond acceptors (Lipinski definition) is 2. The first kappa shape index (κ1) is 15.3. The van der Waals surface area contributed by atoms with Crippen LogP contribution in [0.15, 0.2) is 24.3 Å². The topological polar surface area (TPSA) is 32.8 Å². The zero-order valence-corrected chi connectivity index (χ0v) is 12.3. The fourth-order valence-corrected chi connectivity index (χ4v) is 2.03. The second kappa shape index (κ2) is 7.67. The van der Waals surface area contributed by atoms with Crippen molar-refractivity contribution in [2.75, 3.05) is 33.8 Å². The Morgan fingerprint density at radius 2 is 1.84 bits per heavy atom. The van der Waals surface area contributed by atoms with Crippen LogP contribution in [0.3, 0.4) is 0 Å². The number of carbonyl (C=O) groups excluding carboxylic acids is 1. The Labute approximate surface area is 116 Å². The number of methoxy groups -OCH3 is 1. The molecule has 1 rings (SSSR count). The van der Waals surface area contributed by atoms with Crippen LogP contribution in [-0.4, -0.2) is 49.6 Å². The van der Waals surface area contributed by atoms with E-state index in [1.54, 1.807) is 12.0 Å². The Balaban J connectivity index is 2.58. The van der Waals surface area contributed by atoms with E-state index in [-0.39, 0.29) is 6.03 Å². The van der Waals surface area contributed by atoms with Crippen LogP contribution < -0.4 is 4.74 Å². The molecule has 0 aliphatic heterocycles. The third kappa shape index (κ3) is 4.16. The van der Waals surface area contributed by atoms with Crippen molar-refractivity contribution in [3.8, 4) is 5.75 Å². The van der Waals surface area contributed by atoms with E-state index in [0.717, 1.165) is 30.8 Å². The Bertz CT molecular complexity index is 403. The van der Waals surface area contributed by atoms with Gasteiger partial charge in [-0.1, -0.05) is 18.2 Å². The summed E-state index contributed by atoms with van der Waals surface area (Å²) in [5, 5.41) is 0. The first-order chi connectivity index (χ1) is 9.13. The van der Waals surface area contributed by atoms with Crippen LogP contribution in [0.2, 0.25) is 0 Å². The minimum absolute atomic E-state index is 0.0832. The molecule has 106 valence electrons. The van der Waals surface area contributed by atoms with E-state index in [9.17, 15) is 4.79 Å². The maximum absolute atomic E-state index is 12.1. The highest BCUT2D eigenvalue weighted by Crippen LogP contribution is 2.17. The van der Waals surface area contributed by atoms with Gasteiger partial charge in [0.2, 0.25) is 0 Å². The zero-order valence-electron chi connectivity index (χ0n) is 12.3. The fraction of sp³-hybridized carbons (Fsp3) is 0.533. The predicted octanol–water partition coefficient (Wildman–Crippen LogP) is 2.63. The highest BCUT2D eigenvalue weighted by Gasteiger charge is 2.14. The van der Waals surface area contributed by atoms with Crippen molar-refractivity contribution in [3.05, 3.63) is 29.8 Å². The SMILES string of the molecule is CCN(CC)C(=O)N(C)CCc1ccccc1OC. The molecule has 0 saturated heterocycles. The van der Waals surface area contributed by atoms with Crippen molar-refractivity contribution in [3.63, 3.8) is 0 Å². The quantitative estimate of drug-likeness (QED) is 0.791. The molecule has 0 fully saturated rings. The summed E-state index contributed by atoms with van der Waals surface area (Å²) < 4.78 is 5.31. The van der Waals surface area contributed by atoms with Gasteiger partial charge in [-0.25, -0.2) is 4.79 Å². The lowest BCUT2D eigenvalue weighted by Crippen LogP contribution is -2.41. The number of benzene rings is 1. The highest BCUT2D eigenvalue weighted by atomic mass is 16.5. The van der Waals surface area contributed by atoms with Gasteiger partial charge in [-0.2, -0.15) is 0 Å². The lowest BCUT2D eigenvalue weighted by atomic mass is 10.1. The molecule has 2 amide bonds. The van der Waals surface area contributed by atoms with E-state index in [1.807, 2.05) is 50.1 Å². The van der Waals surface area contributed by atoms with Crippen LogP contribution >= 0.6 is 0 Å². The number of likely N-dealkylation sites (N-methyl/N-ethyl adjacent to an activating group) is 1. The summed E-state index contributed by atoms with van der Waals surface area (Å²) in [5.74, 6) is 0.881. The molecular weight excluding hydrogens is 240 g/mol. The van der Waals surface area contributed by atoms with Gasteiger partial charge in [-0.3, -0.25) is 0 Å². The van der Waals surface area contributed by atoms with Gasteiger partial charge in [-0.15, -0.1) is 0 Å². The molecule has 0 radical (unpaired) electrons. The summed E-state index contributed by atoms with van der Waals surface area (Å²) in [7, 11) is 3.51. The average Bonchev–Trinajstić information content (AvgIpc) is 2.46. The molecule has 0 saturated carbocycles. The van der Waals surface area contributed by atoms with Gasteiger partial charge in [0.15, 0.2) is 0 Å². The molecule has 0 N–H and O–H groups in total. The van der Waals surface area contributed by atoms with E-state index in [0.29, 0.717) is 6.54 Å². The summed E-state index contributed by atoms with van der Waals surface area (Å²) in [6.45, 7) is 6.17. The second-order valence-electron chi connectivity index (χ2n) is 4.44. The molecule has 0 atom stereocenters. The van der Waals surface area contributed by atoms with Crippen molar-refractivity contribution in [2.45, 2.75) is 20.3 Å². The normalized spacial score (nSPS) is 10.1. The predicted molar refractivity (Wildman–Crippen MR) is 77.6 cm³/mol. The second-order valence-corrected chi connectivity index (χ2v) is 4.44. The Kier molecular flexibility index (Phi) is 6.19. The first-order valence-electron chi connectivity index (χ1n) is 6.75. The number of rotatable bonds is 6. The van der Waals surface area contributed by atoms with Crippen LogP contribution in [0, 0.1) is 0 Å². The standard InChI is InChI=1S/C15H24N2O2/c1-5-17(6-2)15(18)16(3)12-11-13-9-7-8-10-14(13)19-4/h7-10H,5-6,11-12H2,1-4H3. The van der Waals surface area contributed by atoms with Gasteiger partial charge >= 0.3 is 6.03 Å². The fourth-order valence-electron chi connectivity index (χ4n) is 2.03. The summed E-state index contributed by atoms with van der Waals surface area (Å²) >= 11 is 0. The minimum atomic E-state index is 0.0832. The molecule has 0 aliphatic carbocycles. The van der Waals surface area contributed by atoms with Gasteiger partial charge in [0, 0.05) is 26.7 Å². The Morgan fingerprint density at radius 1 is 1.21 bits per heavy atom. The van der Waals surface area contributed by atoms with E-state index < -0.39 is 0 Å². The molecule has 0 spiro atoms. The van der Waals surface area contributed by atoms with Crippen LogP contribution in [0.4, 0.5) is 4.79 Å². The van der Waals surface area contributed by atoms with Gasteiger partial charge in [0.05, 0.1) is 7.11 Å². The Hall–Kier alpha value is -1.71. The van der Waals surface area contributed by atoms with Gasteiger partial charge in [0.1, 0.15) is 5.75 Å². The van der Waals surface area contributed by atoms with E-state index in [2.05, 4.69) is 0 Å². The van der Waals surface area contributed by atoms with Crippen molar-refractivity contribution < 1.29 is 9.53 Å². The van der Waals surface area contributed by atoms with Crippen molar-refractivity contribution in [1.82, 2.24) is 9.80 Å². The maximum atomic E-state index is 12.1. The molecule has 1 aromatic rings. The van der Waals surface area contributed by atoms with Crippen molar-refractivity contribution >= 4 is 6.03 Å². The van der Waals surface area contributed by atoms with Crippen LogP contribution in [0.25, 0.3) is 0 Å². The summed E-state index contributed by atoms with van der Waals surface area (Å²) in [6.07, 6.45) is 0.799. The first-order valence-corrected chi connectivity index (χ1v) is 6.75. The van der Waals surface area contributed by atoms with Crippen molar-refractivity contribution in [1.29, 1.82) is 0 Å². The molecule has 1 aromatic carbocycles. The lowest BCUT2D eigenvalue weighted by molar-refractivity contribution is 0.168. The number of amides is 2. The maximum Gasteiger partial charge on any atom is 0.319 e. The molecule has 0 aromatic heterocycles. The molecule has 19 heavy (non-hydrogen) atoms. The van der Waals surface area contributed by atoms with Crippen molar-refractivity contribution in [2.24, 2.45) is 0 Å². The van der Waals surface area contributed by atoms with Crippen LogP contribution in [0.1, 0.15) is 19.4 Å². The largest absolute Gasteiger partial charge is 0.496 e. The van der Waals surface area contributed by atoms with E-state index in [1.165, 1.54) is 0 Å². The minimum Gasteiger partial charge on any atom is -0.496 e. The van der Waals surface area contributed by atoms with Gasteiger partial charge in [-0.05, 0) is 31.9 Å². The number of carbonyl (C=O) groups is 1. The Morgan fingerprint density at radius 3 is 2.42 bits per heavy atom. The number of ether oxygens (including phenoxy) is 1. The summed E-state index contributed by atoms with van der Waals surface area (Å²) in [4.78, 5) is 15.7. The molecule has 4 heteroatoms. The zero-order chi connectivity index (χ0) is 14.3. The number of nitrogens with zero attached hydrogens (tertiary/aromatic N) is 2. The van der Waals surface area contributed by atoms with Crippen LogP contribution in [-0.2, 0) is 6.42 Å². The molecule has 0 bridgehead atoms. The average molecular weight is 264 g/mol. The molecule has 0 unspecified atom stereocenters. The highest BCUT2D eigenvalue weighted by molar-refractivity contribution is 5.74. The van der Waals surface area contributed by atoms with Gasteiger partial charge in [0.25, 0.3) is 0 Å². The molecule has 4 nitrogen and oxygen atoms in total. The third-order valence-corrected chi connectivity index (χ3v) is 3.27. The number of urea groups is 1. The van der Waals surface area contributed by atoms with Crippen LogP contribution in [0.5, 0.6) is 5.75 Å². The summed E-state index contributed by atoms with van der Waals surface area (Å²) in [6, 6.07) is 8.01. The smallest absolute Gasteiger partial charge is 0.319 e. The van der Waals surface area contributed by atoms with E-state index in [4.69, 9.17) is 4.74 Å². The lowest BCUT2D eigenvalue weighted by Gasteiger charge is -2.26. The van der Waals surface area contributed by atoms with Gasteiger partial charge < -0.3 is 14.5 Å². The monoisotopic (exact) mass is 264 g/mol. The summed E-state index contributed by atoms with van der Waals surface area (Å²) in [5.41, 5.74) is 1.13. The number of hydrogen-bond donors (Lipinski definition) is 0. The third-order valence-electron chi connectivity index (χ3n) is 3.27. The molecule has 0 aliphatic rings.